The average molecular weight is 829 g/mol. The summed E-state index contributed by atoms with van der Waals surface area (Å²) in [6, 6.07) is 79.5. The van der Waals surface area contributed by atoms with Gasteiger partial charge in [-0.15, -0.1) is 0 Å². The summed E-state index contributed by atoms with van der Waals surface area (Å²) in [5.41, 5.74) is 17.3. The molecule has 0 amide bonds. The Morgan fingerprint density at radius 2 is 0.754 bits per heavy atom. The van der Waals surface area contributed by atoms with Crippen LogP contribution in [0.5, 0.6) is 0 Å². The van der Waals surface area contributed by atoms with Gasteiger partial charge < -0.3 is 9.13 Å². The molecule has 4 heterocycles. The molecular weight excluding hydrogens is 789 g/mol. The first-order valence-corrected chi connectivity index (χ1v) is 22.1. The summed E-state index contributed by atoms with van der Waals surface area (Å²) in [7, 11) is 0. The Morgan fingerprint density at radius 1 is 0.308 bits per heavy atom. The van der Waals surface area contributed by atoms with Gasteiger partial charge in [0.2, 0.25) is 0 Å². The predicted molar refractivity (Wildman–Crippen MR) is 274 cm³/mol. The number of rotatable bonds is 7. The van der Waals surface area contributed by atoms with Crippen molar-refractivity contribution in [2.45, 2.75) is 0 Å². The van der Waals surface area contributed by atoms with Gasteiger partial charge in [-0.05, 0) is 136 Å². The molecule has 0 aliphatic carbocycles. The quantitative estimate of drug-likeness (QED) is 0.157. The van der Waals surface area contributed by atoms with Crippen molar-refractivity contribution < 1.29 is 0 Å². The van der Waals surface area contributed by atoms with E-state index in [0.717, 1.165) is 56.0 Å². The maximum absolute atomic E-state index is 4.78. The normalized spacial score (nSPS) is 11.8. The highest BCUT2D eigenvalue weighted by Crippen LogP contribution is 2.41. The molecule has 0 N–H and O–H groups in total. The fourth-order valence-electron chi connectivity index (χ4n) is 10.2. The molecule has 0 saturated carbocycles. The molecule has 13 rings (SSSR count). The van der Waals surface area contributed by atoms with Gasteiger partial charge in [0.25, 0.3) is 0 Å². The van der Waals surface area contributed by atoms with Crippen LogP contribution in [0.4, 0.5) is 0 Å². The first kappa shape index (κ1) is 36.9. The Kier molecular flexibility index (Phi) is 8.33. The van der Waals surface area contributed by atoms with Gasteiger partial charge in [-0.3, -0.25) is 4.57 Å². The van der Waals surface area contributed by atoms with E-state index < -0.39 is 0 Å². The van der Waals surface area contributed by atoms with E-state index in [-0.39, 0.29) is 0 Å². The summed E-state index contributed by atoms with van der Waals surface area (Å²) < 4.78 is 7.11. The van der Waals surface area contributed by atoms with Crippen molar-refractivity contribution in [3.63, 3.8) is 0 Å². The van der Waals surface area contributed by atoms with Gasteiger partial charge in [-0.2, -0.15) is 0 Å². The van der Waals surface area contributed by atoms with E-state index in [4.69, 9.17) is 4.98 Å². The zero-order valence-electron chi connectivity index (χ0n) is 35.4. The molecule has 0 unspecified atom stereocenters. The third-order valence-electron chi connectivity index (χ3n) is 13.2. The summed E-state index contributed by atoms with van der Waals surface area (Å²) in [5, 5.41) is 7.28. The Labute approximate surface area is 375 Å². The SMILES string of the molecule is C=Cc1ccc(-n2c3ccccc3c3cc(-c4cc(-c5ccc6c(c5)c5ccccc5n6-c5ccccn5)cc(-n5c6ccccc6c6cc(-c7ccccc7)ccc65)c4)ccc32)cc1. The predicted octanol–water partition coefficient (Wildman–Crippen LogP) is 16.0. The highest BCUT2D eigenvalue weighted by molar-refractivity contribution is 6.13. The molecule has 13 aromatic rings. The topological polar surface area (TPSA) is 27.7 Å². The van der Waals surface area contributed by atoms with Crippen LogP contribution in [-0.4, -0.2) is 18.7 Å². The van der Waals surface area contributed by atoms with Gasteiger partial charge in [0.05, 0.1) is 33.1 Å². The summed E-state index contributed by atoms with van der Waals surface area (Å²) in [6.07, 6.45) is 3.76. The van der Waals surface area contributed by atoms with E-state index in [2.05, 4.69) is 233 Å². The van der Waals surface area contributed by atoms with Gasteiger partial charge in [0.15, 0.2) is 0 Å². The number of fused-ring (bicyclic) bond motifs is 9. The highest BCUT2D eigenvalue weighted by atomic mass is 15.1. The van der Waals surface area contributed by atoms with Crippen LogP contribution in [0.2, 0.25) is 0 Å². The first-order chi connectivity index (χ1) is 32.2. The molecule has 4 nitrogen and oxygen atoms in total. The van der Waals surface area contributed by atoms with Crippen LogP contribution in [0.3, 0.4) is 0 Å². The Morgan fingerprint density at radius 3 is 1.28 bits per heavy atom. The van der Waals surface area contributed by atoms with E-state index in [1.807, 2.05) is 18.3 Å². The number of pyridine rings is 1. The van der Waals surface area contributed by atoms with Gasteiger partial charge in [0.1, 0.15) is 5.82 Å². The second-order valence-corrected chi connectivity index (χ2v) is 16.9. The summed E-state index contributed by atoms with van der Waals surface area (Å²) >= 11 is 0. The average Bonchev–Trinajstić information content (AvgIpc) is 4.02. The standard InChI is InChI=1S/C61H40N4/c1-2-40-23-28-47(29-24-40)63-55-19-9-6-16-49(55)53-38-43(26-31-58(53)63)45-34-46(44-27-32-60-54(39-44)51-18-8-11-21-57(51)65(60)61-22-12-13-33-62-61)36-48(35-45)64-56-20-10-7-17-50(56)52-37-42(25-30-59(52)64)41-14-4-3-5-15-41/h2-39H,1H2. The Bertz CT molecular complexity index is 4000. The molecule has 0 radical (unpaired) electrons. The molecule has 4 aromatic heterocycles. The lowest BCUT2D eigenvalue weighted by Gasteiger charge is -2.15. The van der Waals surface area contributed by atoms with Crippen LogP contribution in [-0.2, 0) is 0 Å². The van der Waals surface area contributed by atoms with Crippen LogP contribution >= 0.6 is 0 Å². The van der Waals surface area contributed by atoms with Crippen LogP contribution in [0.1, 0.15) is 5.56 Å². The van der Waals surface area contributed by atoms with E-state index in [1.54, 1.807) is 0 Å². The van der Waals surface area contributed by atoms with Crippen molar-refractivity contribution in [1.29, 1.82) is 0 Å². The second kappa shape index (κ2) is 14.7. The largest absolute Gasteiger partial charge is 0.309 e. The molecule has 304 valence electrons. The van der Waals surface area contributed by atoms with Crippen molar-refractivity contribution in [3.8, 4) is 50.6 Å². The third kappa shape index (κ3) is 5.88. The number of hydrogen-bond acceptors (Lipinski definition) is 1. The van der Waals surface area contributed by atoms with Crippen LogP contribution < -0.4 is 0 Å². The summed E-state index contributed by atoms with van der Waals surface area (Å²) in [5.74, 6) is 0.906. The molecule has 0 saturated heterocycles. The maximum atomic E-state index is 4.78. The third-order valence-corrected chi connectivity index (χ3v) is 13.2. The monoisotopic (exact) mass is 828 g/mol. The number of aromatic nitrogens is 4. The Balaban J connectivity index is 1.06. The molecule has 4 heteroatoms. The van der Waals surface area contributed by atoms with E-state index in [1.165, 1.54) is 65.5 Å². The fraction of sp³-hybridized carbons (Fsp3) is 0. The molecule has 0 aliphatic rings. The molecule has 0 aliphatic heterocycles. The van der Waals surface area contributed by atoms with Crippen molar-refractivity contribution in [3.05, 3.63) is 237 Å². The number of nitrogens with zero attached hydrogens (tertiary/aromatic N) is 4. The van der Waals surface area contributed by atoms with Crippen molar-refractivity contribution >= 4 is 71.5 Å². The van der Waals surface area contributed by atoms with Crippen LogP contribution in [0.15, 0.2) is 231 Å². The van der Waals surface area contributed by atoms with Gasteiger partial charge in [-0.1, -0.05) is 134 Å². The van der Waals surface area contributed by atoms with E-state index in [0.29, 0.717) is 0 Å². The zero-order chi connectivity index (χ0) is 43.0. The number of benzene rings is 9. The number of para-hydroxylation sites is 3. The van der Waals surface area contributed by atoms with Crippen LogP contribution in [0, 0.1) is 0 Å². The van der Waals surface area contributed by atoms with Gasteiger partial charge in [0, 0.05) is 49.9 Å². The molecule has 9 aromatic carbocycles. The van der Waals surface area contributed by atoms with Crippen molar-refractivity contribution in [1.82, 2.24) is 18.7 Å². The minimum absolute atomic E-state index is 0.906. The molecule has 0 spiro atoms. The lowest BCUT2D eigenvalue weighted by molar-refractivity contribution is 1.08. The highest BCUT2D eigenvalue weighted by Gasteiger charge is 2.19. The zero-order valence-corrected chi connectivity index (χ0v) is 35.4. The molecule has 0 fully saturated rings. The molecule has 0 atom stereocenters. The first-order valence-electron chi connectivity index (χ1n) is 22.1. The summed E-state index contributed by atoms with van der Waals surface area (Å²) in [4.78, 5) is 4.78. The molecule has 0 bridgehead atoms. The smallest absolute Gasteiger partial charge is 0.137 e. The van der Waals surface area contributed by atoms with Crippen molar-refractivity contribution in [2.24, 2.45) is 0 Å². The van der Waals surface area contributed by atoms with Gasteiger partial charge in [-0.25, -0.2) is 4.98 Å². The maximum Gasteiger partial charge on any atom is 0.137 e. The lowest BCUT2D eigenvalue weighted by Crippen LogP contribution is -1.97. The molecule has 65 heavy (non-hydrogen) atoms. The Hall–Kier alpha value is -8.73. The second-order valence-electron chi connectivity index (χ2n) is 16.9. The fourth-order valence-corrected chi connectivity index (χ4v) is 10.2. The van der Waals surface area contributed by atoms with Crippen molar-refractivity contribution in [2.75, 3.05) is 0 Å². The van der Waals surface area contributed by atoms with Gasteiger partial charge >= 0.3 is 0 Å². The minimum Gasteiger partial charge on any atom is -0.309 e. The van der Waals surface area contributed by atoms with Crippen LogP contribution in [0.25, 0.3) is 122 Å². The lowest BCUT2D eigenvalue weighted by atomic mass is 9.96. The molecular formula is C61H40N4. The van der Waals surface area contributed by atoms with E-state index in [9.17, 15) is 0 Å². The number of hydrogen-bond donors (Lipinski definition) is 0. The summed E-state index contributed by atoms with van der Waals surface area (Å²) in [6.45, 7) is 3.98. The minimum atomic E-state index is 0.906. The van der Waals surface area contributed by atoms with E-state index >= 15 is 0 Å².